The van der Waals surface area contributed by atoms with E-state index in [1.807, 2.05) is 6.07 Å². The van der Waals surface area contributed by atoms with Crippen molar-refractivity contribution in [3.63, 3.8) is 0 Å². The van der Waals surface area contributed by atoms with Gasteiger partial charge in [-0.25, -0.2) is 0 Å². The summed E-state index contributed by atoms with van der Waals surface area (Å²) in [6.07, 6.45) is 0. The van der Waals surface area contributed by atoms with Gasteiger partial charge in [-0.2, -0.15) is 0 Å². The van der Waals surface area contributed by atoms with Gasteiger partial charge in [0.2, 0.25) is 0 Å². The highest BCUT2D eigenvalue weighted by atomic mass is 79.9. The molecule has 20 heavy (non-hydrogen) atoms. The molecule has 1 nitrogen and oxygen atoms in total. The van der Waals surface area contributed by atoms with E-state index in [4.69, 9.17) is 11.6 Å². The number of halogens is 2. The molecule has 2 aromatic rings. The van der Waals surface area contributed by atoms with Crippen LogP contribution in [0.1, 0.15) is 25.0 Å². The monoisotopic (exact) mass is 351 g/mol. The minimum Gasteiger partial charge on any atom is -0.364 e. The van der Waals surface area contributed by atoms with E-state index < -0.39 is 0 Å². The largest absolute Gasteiger partial charge is 0.364 e. The first-order valence-corrected chi connectivity index (χ1v) is 8.09. The molecule has 0 N–H and O–H groups in total. The third kappa shape index (κ3) is 3.77. The molecule has 0 heterocycles. The fourth-order valence-electron chi connectivity index (χ4n) is 2.19. The number of hydrogen-bond acceptors (Lipinski definition) is 1. The number of anilines is 1. The van der Waals surface area contributed by atoms with Crippen LogP contribution in [0, 0.1) is 0 Å². The zero-order chi connectivity index (χ0) is 14.5. The van der Waals surface area contributed by atoms with E-state index in [0.29, 0.717) is 11.9 Å². The fraction of sp³-hybridized carbons (Fsp3) is 0.294. The molecule has 0 spiro atoms. The second-order valence-corrected chi connectivity index (χ2v) is 6.25. The molecule has 0 bridgehead atoms. The Hall–Kier alpha value is -0.990. The summed E-state index contributed by atoms with van der Waals surface area (Å²) in [4.78, 5) is 2.39. The second kappa shape index (κ2) is 7.14. The Morgan fingerprint density at radius 3 is 2.30 bits per heavy atom. The summed E-state index contributed by atoms with van der Waals surface area (Å²) >= 11 is 9.56. The van der Waals surface area contributed by atoms with Gasteiger partial charge in [-0.05, 0) is 53.0 Å². The van der Waals surface area contributed by atoms with Crippen LogP contribution in [0.15, 0.2) is 53.0 Å². The van der Waals surface area contributed by atoms with E-state index >= 15 is 0 Å². The van der Waals surface area contributed by atoms with Gasteiger partial charge in [0.25, 0.3) is 0 Å². The Bertz CT molecular complexity index is 554. The highest BCUT2D eigenvalue weighted by Gasteiger charge is 2.14. The lowest BCUT2D eigenvalue weighted by Crippen LogP contribution is -2.30. The normalized spacial score (nSPS) is 10.8. The maximum Gasteiger partial charge on any atom is 0.0516 e. The Morgan fingerprint density at radius 2 is 1.75 bits per heavy atom. The molecule has 0 unspecified atom stereocenters. The first-order valence-electron chi connectivity index (χ1n) is 6.76. The third-order valence-electron chi connectivity index (χ3n) is 3.29. The molecule has 0 aliphatic heterocycles. The van der Waals surface area contributed by atoms with Crippen LogP contribution in [0.4, 0.5) is 5.69 Å². The molecule has 2 aromatic carbocycles. The van der Waals surface area contributed by atoms with E-state index in [1.165, 1.54) is 11.3 Å². The van der Waals surface area contributed by atoms with Crippen LogP contribution in [-0.2, 0) is 12.4 Å². The first kappa shape index (κ1) is 15.4. The van der Waals surface area contributed by atoms with Crippen LogP contribution in [0.3, 0.4) is 0 Å². The van der Waals surface area contributed by atoms with Crippen molar-refractivity contribution in [1.82, 2.24) is 0 Å². The first-order chi connectivity index (χ1) is 9.61. The zero-order valence-electron chi connectivity index (χ0n) is 11.8. The van der Waals surface area contributed by atoms with Crippen LogP contribution in [0.5, 0.6) is 0 Å². The van der Waals surface area contributed by atoms with E-state index in [0.717, 1.165) is 16.6 Å². The Labute approximate surface area is 134 Å². The lowest BCUT2D eigenvalue weighted by atomic mass is 10.1. The van der Waals surface area contributed by atoms with Crippen molar-refractivity contribution in [3.8, 4) is 0 Å². The average molecular weight is 353 g/mol. The van der Waals surface area contributed by atoms with Gasteiger partial charge in [0.05, 0.1) is 5.69 Å². The van der Waals surface area contributed by atoms with Crippen molar-refractivity contribution in [2.24, 2.45) is 0 Å². The van der Waals surface area contributed by atoms with Gasteiger partial charge in [-0.1, -0.05) is 36.4 Å². The number of rotatable bonds is 5. The predicted molar refractivity (Wildman–Crippen MR) is 91.5 cm³/mol. The number of nitrogens with zero attached hydrogens (tertiary/aromatic N) is 1. The van der Waals surface area contributed by atoms with Crippen LogP contribution in [0.25, 0.3) is 0 Å². The Kier molecular flexibility index (Phi) is 5.50. The second-order valence-electron chi connectivity index (χ2n) is 5.13. The summed E-state index contributed by atoms with van der Waals surface area (Å²) in [7, 11) is 0. The lowest BCUT2D eigenvalue weighted by molar-refractivity contribution is 0.681. The van der Waals surface area contributed by atoms with Gasteiger partial charge in [0.1, 0.15) is 0 Å². The standard InChI is InChI=1S/C17H19BrClN/c1-13(2)20(12-14-6-4-3-5-7-14)17-9-8-15(11-19)10-16(17)18/h3-10,13H,11-12H2,1-2H3. The van der Waals surface area contributed by atoms with Crippen molar-refractivity contribution in [3.05, 3.63) is 64.1 Å². The van der Waals surface area contributed by atoms with E-state index in [9.17, 15) is 0 Å². The summed E-state index contributed by atoms with van der Waals surface area (Å²) in [5.74, 6) is 0.541. The van der Waals surface area contributed by atoms with Gasteiger partial charge >= 0.3 is 0 Å². The molecule has 0 atom stereocenters. The van der Waals surface area contributed by atoms with Crippen molar-refractivity contribution >= 4 is 33.2 Å². The van der Waals surface area contributed by atoms with Gasteiger partial charge in [-0.3, -0.25) is 0 Å². The van der Waals surface area contributed by atoms with Gasteiger partial charge < -0.3 is 4.90 Å². The van der Waals surface area contributed by atoms with Gasteiger partial charge in [-0.15, -0.1) is 11.6 Å². The molecule has 0 saturated carbocycles. The minimum atomic E-state index is 0.424. The van der Waals surface area contributed by atoms with Crippen molar-refractivity contribution in [1.29, 1.82) is 0 Å². The molecular weight excluding hydrogens is 334 g/mol. The molecule has 2 rings (SSSR count). The maximum atomic E-state index is 5.89. The smallest absolute Gasteiger partial charge is 0.0516 e. The lowest BCUT2D eigenvalue weighted by Gasteiger charge is -2.30. The average Bonchev–Trinajstić information content (AvgIpc) is 2.46. The molecule has 0 aromatic heterocycles. The molecule has 0 radical (unpaired) electrons. The topological polar surface area (TPSA) is 3.24 Å². The summed E-state index contributed by atoms with van der Waals surface area (Å²) in [6.45, 7) is 5.33. The van der Waals surface area contributed by atoms with Crippen molar-refractivity contribution in [2.75, 3.05) is 4.90 Å². The number of alkyl halides is 1. The molecule has 0 saturated heterocycles. The molecule has 3 heteroatoms. The molecule has 0 aliphatic carbocycles. The zero-order valence-corrected chi connectivity index (χ0v) is 14.2. The van der Waals surface area contributed by atoms with Crippen molar-refractivity contribution in [2.45, 2.75) is 32.3 Å². The van der Waals surface area contributed by atoms with Crippen LogP contribution in [0.2, 0.25) is 0 Å². The highest BCUT2D eigenvalue weighted by molar-refractivity contribution is 9.10. The predicted octanol–water partition coefficient (Wildman–Crippen LogP) is 5.60. The quantitative estimate of drug-likeness (QED) is 0.633. The molecular formula is C17H19BrClN. The fourth-order valence-corrected chi connectivity index (χ4v) is 3.01. The van der Waals surface area contributed by atoms with Crippen LogP contribution < -0.4 is 4.90 Å². The number of benzene rings is 2. The minimum absolute atomic E-state index is 0.424. The van der Waals surface area contributed by atoms with Crippen LogP contribution >= 0.6 is 27.5 Å². The summed E-state index contributed by atoms with van der Waals surface area (Å²) in [5, 5.41) is 0. The molecule has 0 fully saturated rings. The highest BCUT2D eigenvalue weighted by Crippen LogP contribution is 2.30. The van der Waals surface area contributed by atoms with E-state index in [-0.39, 0.29) is 0 Å². The summed E-state index contributed by atoms with van der Waals surface area (Å²) < 4.78 is 1.10. The Morgan fingerprint density at radius 1 is 1.05 bits per heavy atom. The van der Waals surface area contributed by atoms with Crippen LogP contribution in [-0.4, -0.2) is 6.04 Å². The summed E-state index contributed by atoms with van der Waals surface area (Å²) in [5.41, 5.74) is 3.65. The van der Waals surface area contributed by atoms with Gasteiger partial charge in [0.15, 0.2) is 0 Å². The number of hydrogen-bond donors (Lipinski definition) is 0. The van der Waals surface area contributed by atoms with E-state index in [2.05, 4.69) is 77.1 Å². The SMILES string of the molecule is CC(C)N(Cc1ccccc1)c1ccc(CCl)cc1Br. The molecule has 0 amide bonds. The van der Waals surface area contributed by atoms with E-state index in [1.54, 1.807) is 0 Å². The molecule has 106 valence electrons. The maximum absolute atomic E-state index is 5.89. The Balaban J connectivity index is 2.29. The van der Waals surface area contributed by atoms with Gasteiger partial charge in [0, 0.05) is 22.9 Å². The third-order valence-corrected chi connectivity index (χ3v) is 4.24. The summed E-state index contributed by atoms with van der Waals surface area (Å²) in [6, 6.07) is 17.3. The van der Waals surface area contributed by atoms with Crippen molar-refractivity contribution < 1.29 is 0 Å². The molecule has 0 aliphatic rings.